The van der Waals surface area contributed by atoms with Gasteiger partial charge in [-0.3, -0.25) is 29.1 Å². The molecular formula is C38H46CaN14O17. The fourth-order valence-electron chi connectivity index (χ4n) is 5.50. The Labute approximate surface area is 421 Å². The summed E-state index contributed by atoms with van der Waals surface area (Å²) in [5.41, 5.74) is 12.9. The molecule has 6 rings (SSSR count). The van der Waals surface area contributed by atoms with Gasteiger partial charge in [0.1, 0.15) is 12.1 Å². The van der Waals surface area contributed by atoms with Crippen LogP contribution in [-0.4, -0.2) is 163 Å². The Morgan fingerprint density at radius 3 is 1.20 bits per heavy atom. The minimum atomic E-state index is -1.40. The number of aromatic amines is 2. The maximum absolute atomic E-state index is 12.3. The molecule has 6 aromatic rings. The average Bonchev–Trinajstić information content (AvgIpc) is 3.25. The number of amides is 2. The number of hydrogen-bond donors (Lipinski definition) is 10. The van der Waals surface area contributed by atoms with E-state index in [-0.39, 0.29) is 136 Å². The van der Waals surface area contributed by atoms with Crippen LogP contribution in [0.3, 0.4) is 0 Å². The molecular weight excluding hydrogens is 965 g/mol. The van der Waals surface area contributed by atoms with E-state index in [4.69, 9.17) is 21.7 Å². The second-order valence-electron chi connectivity index (χ2n) is 13.4. The summed E-state index contributed by atoms with van der Waals surface area (Å²) in [5.74, 6) is -6.91. The van der Waals surface area contributed by atoms with Crippen LogP contribution in [0.4, 0.5) is 23.3 Å². The van der Waals surface area contributed by atoms with Crippen molar-refractivity contribution in [3.05, 3.63) is 104 Å². The zero-order chi connectivity index (χ0) is 46.5. The molecule has 0 aliphatic carbocycles. The largest absolute Gasteiger partial charge is 2.00 e. The van der Waals surface area contributed by atoms with Crippen LogP contribution in [0.1, 0.15) is 57.8 Å². The Morgan fingerprint density at radius 1 is 0.571 bits per heavy atom. The zero-order valence-electron chi connectivity index (χ0n) is 36.2. The molecule has 0 aliphatic rings. The molecule has 4 aromatic heterocycles. The van der Waals surface area contributed by atoms with Gasteiger partial charge in [-0.1, -0.05) is 0 Å². The van der Waals surface area contributed by atoms with E-state index in [1.165, 1.54) is 36.7 Å². The van der Waals surface area contributed by atoms with Gasteiger partial charge in [-0.2, -0.15) is 9.97 Å². The number of nitrogen functional groups attached to an aromatic ring is 2. The van der Waals surface area contributed by atoms with Crippen molar-refractivity contribution in [1.29, 1.82) is 0 Å². The number of aliphatic carboxylic acids is 4. The van der Waals surface area contributed by atoms with E-state index in [9.17, 15) is 48.6 Å². The first-order valence-corrected chi connectivity index (χ1v) is 18.6. The molecule has 0 fully saturated rings. The molecule has 32 heteroatoms. The van der Waals surface area contributed by atoms with Crippen LogP contribution < -0.4 is 54.1 Å². The molecule has 372 valence electrons. The summed E-state index contributed by atoms with van der Waals surface area (Å²) in [6.07, 6.45) is 1.32. The smallest absolute Gasteiger partial charge is 0.550 e. The number of hydrogen-bond acceptors (Lipinski definition) is 20. The molecule has 31 nitrogen and oxygen atoms in total. The number of carboxylic acids is 4. The number of carbonyl (C=O) groups excluding carboxylic acids is 4. The second kappa shape index (κ2) is 29.7. The van der Waals surface area contributed by atoms with E-state index in [0.717, 1.165) is 0 Å². The van der Waals surface area contributed by atoms with Gasteiger partial charge in [0, 0.05) is 34.4 Å². The fraction of sp³-hybridized carbons (Fsp3) is 0.211. The molecule has 0 radical (unpaired) electrons. The first kappa shape index (κ1) is 64.0. The summed E-state index contributed by atoms with van der Waals surface area (Å²) in [4.78, 5) is 121. The summed E-state index contributed by atoms with van der Waals surface area (Å²) in [7, 11) is 0. The monoisotopic (exact) mass is 1010 g/mol. The van der Waals surface area contributed by atoms with Crippen LogP contribution in [-0.2, 0) is 32.3 Å². The second-order valence-corrected chi connectivity index (χ2v) is 13.4. The van der Waals surface area contributed by atoms with E-state index >= 15 is 0 Å². The Balaban J connectivity index is 0. The van der Waals surface area contributed by atoms with Gasteiger partial charge < -0.3 is 90.1 Å². The predicted octanol–water partition coefficient (Wildman–Crippen LogP) is -7.26. The van der Waals surface area contributed by atoms with E-state index in [0.29, 0.717) is 22.8 Å². The van der Waals surface area contributed by atoms with Crippen LogP contribution >= 0.6 is 0 Å². The third kappa shape index (κ3) is 18.6. The number of aromatic nitrogens is 8. The van der Waals surface area contributed by atoms with Crippen molar-refractivity contribution in [2.24, 2.45) is 0 Å². The molecule has 2 aromatic carbocycles. The molecule has 0 bridgehead atoms. The van der Waals surface area contributed by atoms with E-state index in [1.54, 1.807) is 24.3 Å². The summed E-state index contributed by atoms with van der Waals surface area (Å²) in [6, 6.07) is 9.56. The van der Waals surface area contributed by atoms with Crippen molar-refractivity contribution in [3.63, 3.8) is 0 Å². The molecule has 0 saturated carbocycles. The molecule has 2 atom stereocenters. The summed E-state index contributed by atoms with van der Waals surface area (Å²) >= 11 is 0. The van der Waals surface area contributed by atoms with E-state index < -0.39 is 71.7 Å². The van der Waals surface area contributed by atoms with Gasteiger partial charge in [0.25, 0.3) is 22.9 Å². The summed E-state index contributed by atoms with van der Waals surface area (Å²) < 4.78 is 0. The SMILES string of the molecule is Nc1nc2ncc(CNc3ccc(C(=O)N[C@@H](CCC(=O)[O-])C(=O)O)cc3)nc2c(=O)[nH]1.Nc1nc2ncc(CNc3ccc(C(=O)N[C@@H](CCC(=O)[O-])C(=O)O)cc3)nc2c(=O)[nH]1.O.O.O.O.O.[Ca+2]. The molecule has 2 amide bonds. The Morgan fingerprint density at radius 2 is 0.900 bits per heavy atom. The van der Waals surface area contributed by atoms with Crippen molar-refractivity contribution < 1.29 is 76.6 Å². The van der Waals surface area contributed by atoms with Crippen molar-refractivity contribution in [1.82, 2.24) is 50.5 Å². The van der Waals surface area contributed by atoms with Gasteiger partial charge in [0.15, 0.2) is 22.3 Å². The Bertz CT molecular complexity index is 2660. The molecule has 0 saturated heterocycles. The summed E-state index contributed by atoms with van der Waals surface area (Å²) in [5, 5.41) is 49.9. The standard InChI is InChI=1S/2C19H19N7O6.Ca.5H2O/c2*20-19-25-15-14(17(30)26-19)23-11(8-22-15)7-21-10-3-1-9(2-4-10)16(29)24-12(18(31)32)5-6-13(27)28;;;;;;/h2*1-4,8,12,21H,5-7H2,(H,24,29)(H,27,28)(H,31,32)(H3,20,22,25,26,30);;5*1H2/q;;+2;;;;;/p-2/t2*12-;;;;;;/m00....../s1. The number of carbonyl (C=O) groups is 6. The predicted molar refractivity (Wildman–Crippen MR) is 242 cm³/mol. The van der Waals surface area contributed by atoms with Gasteiger partial charge in [-0.25, -0.2) is 29.5 Å². The van der Waals surface area contributed by atoms with Crippen molar-refractivity contribution >= 4 is 119 Å². The van der Waals surface area contributed by atoms with Crippen LogP contribution in [0.15, 0.2) is 70.5 Å². The quantitative estimate of drug-likeness (QED) is 0.0358. The van der Waals surface area contributed by atoms with Crippen molar-refractivity contribution in [3.8, 4) is 0 Å². The molecule has 0 spiro atoms. The fourth-order valence-corrected chi connectivity index (χ4v) is 5.50. The van der Waals surface area contributed by atoms with Crippen LogP contribution in [0.2, 0.25) is 0 Å². The number of benzene rings is 2. The van der Waals surface area contributed by atoms with Crippen LogP contribution in [0.25, 0.3) is 22.3 Å². The minimum Gasteiger partial charge on any atom is -0.550 e. The molecule has 4 heterocycles. The average molecular weight is 1010 g/mol. The third-order valence-electron chi connectivity index (χ3n) is 8.69. The normalized spacial score (nSPS) is 10.6. The number of nitrogens with two attached hydrogens (primary N) is 2. The van der Waals surface area contributed by atoms with E-state index in [1.807, 2.05) is 0 Å². The van der Waals surface area contributed by atoms with Gasteiger partial charge in [-0.05, 0) is 74.2 Å². The number of rotatable bonds is 18. The number of nitrogens with zero attached hydrogens (tertiary/aromatic N) is 6. The number of H-pyrrole nitrogens is 2. The van der Waals surface area contributed by atoms with Crippen molar-refractivity contribution in [2.45, 2.75) is 50.9 Å². The molecule has 0 aliphatic heterocycles. The van der Waals surface area contributed by atoms with Gasteiger partial charge in [0.05, 0.1) is 36.9 Å². The van der Waals surface area contributed by atoms with Gasteiger partial charge >= 0.3 is 49.7 Å². The summed E-state index contributed by atoms with van der Waals surface area (Å²) in [6.45, 7) is 0.450. The maximum atomic E-state index is 12.3. The Hall–Kier alpha value is -8.04. The maximum Gasteiger partial charge on any atom is 2.00 e. The first-order valence-electron chi connectivity index (χ1n) is 18.6. The van der Waals surface area contributed by atoms with Crippen LogP contribution in [0.5, 0.6) is 0 Å². The van der Waals surface area contributed by atoms with Gasteiger partial charge in [-0.15, -0.1) is 0 Å². The molecule has 22 N–H and O–H groups in total. The minimum absolute atomic E-state index is 0. The number of carboxylic acid groups (broad SMARTS) is 4. The number of nitrogens with one attached hydrogen (secondary N) is 6. The van der Waals surface area contributed by atoms with Crippen molar-refractivity contribution in [2.75, 3.05) is 22.1 Å². The Kier molecular flexibility index (Phi) is 27.1. The zero-order valence-corrected chi connectivity index (χ0v) is 38.4. The third-order valence-corrected chi connectivity index (χ3v) is 8.69. The number of anilines is 4. The molecule has 0 unspecified atom stereocenters. The van der Waals surface area contributed by atoms with Gasteiger partial charge in [0.2, 0.25) is 11.9 Å². The van der Waals surface area contributed by atoms with E-state index in [2.05, 4.69) is 61.1 Å². The first-order chi connectivity index (χ1) is 30.4. The topological polar surface area (TPSA) is 590 Å². The number of fused-ring (bicyclic) bond motifs is 2. The molecule has 70 heavy (non-hydrogen) atoms. The van der Waals surface area contributed by atoms with Crippen LogP contribution in [0, 0.1) is 0 Å².